The molecule has 1 aliphatic carbocycles. The normalized spacial score (nSPS) is 23.0. The van der Waals surface area contributed by atoms with Crippen molar-refractivity contribution in [3.05, 3.63) is 46.1 Å². The molecule has 1 amide bonds. The fourth-order valence-electron chi connectivity index (χ4n) is 3.76. The third kappa shape index (κ3) is 2.61. The monoisotopic (exact) mass is 341 g/mol. The van der Waals surface area contributed by atoms with Crippen LogP contribution in [0.3, 0.4) is 0 Å². The van der Waals surface area contributed by atoms with Crippen LogP contribution in [-0.4, -0.2) is 10.9 Å². The number of hydrogen-bond donors (Lipinski definition) is 2. The van der Waals surface area contributed by atoms with Gasteiger partial charge in [-0.05, 0) is 53.9 Å². The second-order valence-electron chi connectivity index (χ2n) is 7.85. The Bertz CT molecular complexity index is 776. The standard InChI is InChI=1S/C19H23N3OS/c1-19(2,3)12-4-5-13-14(10-12)24-18-15(13)17(23)21-16(22-18)11-6-8-20-9-7-11/h6-9,12,16,22H,4-5,10H2,1-3H3,(H,21,23). The van der Waals surface area contributed by atoms with Gasteiger partial charge in [-0.25, -0.2) is 0 Å². The van der Waals surface area contributed by atoms with Crippen molar-refractivity contribution < 1.29 is 4.79 Å². The summed E-state index contributed by atoms with van der Waals surface area (Å²) in [6.07, 6.45) is 6.61. The minimum atomic E-state index is -0.175. The Balaban J connectivity index is 1.66. The van der Waals surface area contributed by atoms with Gasteiger partial charge in [0.1, 0.15) is 11.2 Å². The van der Waals surface area contributed by atoms with Gasteiger partial charge >= 0.3 is 0 Å². The molecule has 0 radical (unpaired) electrons. The van der Waals surface area contributed by atoms with Crippen LogP contribution in [0.5, 0.6) is 0 Å². The predicted molar refractivity (Wildman–Crippen MR) is 97.4 cm³/mol. The smallest absolute Gasteiger partial charge is 0.256 e. The average molecular weight is 341 g/mol. The molecule has 0 saturated heterocycles. The van der Waals surface area contributed by atoms with Gasteiger partial charge < -0.3 is 10.6 Å². The van der Waals surface area contributed by atoms with E-state index in [9.17, 15) is 4.79 Å². The van der Waals surface area contributed by atoms with Crippen LogP contribution in [0, 0.1) is 11.3 Å². The lowest BCUT2D eigenvalue weighted by molar-refractivity contribution is 0.0935. The molecule has 126 valence electrons. The first-order valence-corrected chi connectivity index (χ1v) is 9.37. The van der Waals surface area contributed by atoms with E-state index in [-0.39, 0.29) is 12.1 Å². The van der Waals surface area contributed by atoms with Crippen molar-refractivity contribution in [2.75, 3.05) is 5.32 Å². The molecule has 0 spiro atoms. The highest BCUT2D eigenvalue weighted by molar-refractivity contribution is 7.16. The van der Waals surface area contributed by atoms with Gasteiger partial charge in [0.2, 0.25) is 0 Å². The van der Waals surface area contributed by atoms with Gasteiger partial charge in [0.05, 0.1) is 5.56 Å². The molecular formula is C19H23N3OS. The maximum Gasteiger partial charge on any atom is 0.256 e. The summed E-state index contributed by atoms with van der Waals surface area (Å²) in [7, 11) is 0. The molecule has 2 aromatic rings. The van der Waals surface area contributed by atoms with Crippen molar-refractivity contribution in [1.82, 2.24) is 10.3 Å². The SMILES string of the molecule is CC(C)(C)C1CCc2c(sc3c2C(=O)NC(c2ccncc2)N3)C1. The molecule has 2 N–H and O–H groups in total. The Morgan fingerprint density at radius 2 is 1.96 bits per heavy atom. The molecule has 0 aromatic carbocycles. The van der Waals surface area contributed by atoms with E-state index in [4.69, 9.17) is 0 Å². The van der Waals surface area contributed by atoms with Gasteiger partial charge in [-0.2, -0.15) is 0 Å². The van der Waals surface area contributed by atoms with Crippen molar-refractivity contribution in [2.45, 2.75) is 46.2 Å². The Labute approximate surface area is 146 Å². The van der Waals surface area contributed by atoms with Crippen LogP contribution < -0.4 is 10.6 Å². The molecule has 2 aromatic heterocycles. The number of rotatable bonds is 1. The third-order valence-corrected chi connectivity index (χ3v) is 6.49. The van der Waals surface area contributed by atoms with Crippen LogP contribution in [0.2, 0.25) is 0 Å². The highest BCUT2D eigenvalue weighted by Crippen LogP contribution is 2.45. The number of fused-ring (bicyclic) bond motifs is 3. The van der Waals surface area contributed by atoms with E-state index in [1.807, 2.05) is 12.1 Å². The molecule has 24 heavy (non-hydrogen) atoms. The maximum atomic E-state index is 12.7. The lowest BCUT2D eigenvalue weighted by atomic mass is 9.72. The molecule has 2 unspecified atom stereocenters. The highest BCUT2D eigenvalue weighted by Gasteiger charge is 2.36. The first-order chi connectivity index (χ1) is 11.4. The van der Waals surface area contributed by atoms with Crippen LogP contribution >= 0.6 is 11.3 Å². The zero-order valence-electron chi connectivity index (χ0n) is 14.3. The molecule has 3 heterocycles. The lowest BCUT2D eigenvalue weighted by Crippen LogP contribution is -2.38. The Morgan fingerprint density at radius 3 is 2.67 bits per heavy atom. The second-order valence-corrected chi connectivity index (χ2v) is 8.95. The van der Waals surface area contributed by atoms with E-state index < -0.39 is 0 Å². The first kappa shape index (κ1) is 15.6. The first-order valence-electron chi connectivity index (χ1n) is 8.55. The van der Waals surface area contributed by atoms with Gasteiger partial charge in [-0.1, -0.05) is 20.8 Å². The predicted octanol–water partition coefficient (Wildman–Crippen LogP) is 4.15. The number of pyridine rings is 1. The van der Waals surface area contributed by atoms with E-state index in [2.05, 4.69) is 36.4 Å². The lowest BCUT2D eigenvalue weighted by Gasteiger charge is -2.34. The van der Waals surface area contributed by atoms with Crippen LogP contribution in [0.4, 0.5) is 5.00 Å². The number of nitrogens with zero attached hydrogens (tertiary/aromatic N) is 1. The Morgan fingerprint density at radius 1 is 1.21 bits per heavy atom. The molecular weight excluding hydrogens is 318 g/mol. The number of thiophene rings is 1. The van der Waals surface area contributed by atoms with Gasteiger partial charge in [-0.3, -0.25) is 9.78 Å². The fourth-order valence-corrected chi connectivity index (χ4v) is 5.11. The van der Waals surface area contributed by atoms with Crippen LogP contribution in [0.15, 0.2) is 24.5 Å². The van der Waals surface area contributed by atoms with Crippen molar-refractivity contribution in [1.29, 1.82) is 0 Å². The summed E-state index contributed by atoms with van der Waals surface area (Å²) in [4.78, 5) is 18.2. The number of carbonyl (C=O) groups excluding carboxylic acids is 1. The van der Waals surface area contributed by atoms with Crippen LogP contribution in [0.25, 0.3) is 0 Å². The molecule has 0 fully saturated rings. The summed E-state index contributed by atoms with van der Waals surface area (Å²) < 4.78 is 0. The second kappa shape index (κ2) is 5.59. The van der Waals surface area contributed by atoms with E-state index >= 15 is 0 Å². The summed E-state index contributed by atoms with van der Waals surface area (Å²) in [5, 5.41) is 7.64. The van der Waals surface area contributed by atoms with Crippen LogP contribution in [0.1, 0.15) is 59.7 Å². The van der Waals surface area contributed by atoms with Gasteiger partial charge in [-0.15, -0.1) is 11.3 Å². The summed E-state index contributed by atoms with van der Waals surface area (Å²) in [5.41, 5.74) is 3.50. The van der Waals surface area contributed by atoms with E-state index in [0.29, 0.717) is 11.3 Å². The van der Waals surface area contributed by atoms with E-state index in [1.54, 1.807) is 23.7 Å². The van der Waals surface area contributed by atoms with Crippen molar-refractivity contribution in [3.63, 3.8) is 0 Å². The average Bonchev–Trinajstić information content (AvgIpc) is 2.92. The van der Waals surface area contributed by atoms with Gasteiger partial charge in [0.15, 0.2) is 0 Å². The topological polar surface area (TPSA) is 54.0 Å². The van der Waals surface area contributed by atoms with Crippen LogP contribution in [-0.2, 0) is 12.8 Å². The molecule has 2 aliphatic rings. The zero-order valence-corrected chi connectivity index (χ0v) is 15.2. The van der Waals surface area contributed by atoms with Crippen molar-refractivity contribution >= 4 is 22.2 Å². The number of anilines is 1. The van der Waals surface area contributed by atoms with E-state index in [0.717, 1.165) is 29.0 Å². The number of aromatic nitrogens is 1. The molecule has 4 nitrogen and oxygen atoms in total. The minimum Gasteiger partial charge on any atom is -0.353 e. The fraction of sp³-hybridized carbons (Fsp3) is 0.474. The molecule has 5 heteroatoms. The molecule has 0 saturated carbocycles. The zero-order chi connectivity index (χ0) is 16.9. The van der Waals surface area contributed by atoms with Gasteiger partial charge in [0, 0.05) is 17.3 Å². The van der Waals surface area contributed by atoms with E-state index in [1.165, 1.54) is 16.9 Å². The van der Waals surface area contributed by atoms with Gasteiger partial charge in [0.25, 0.3) is 5.91 Å². The third-order valence-electron chi connectivity index (χ3n) is 5.31. The largest absolute Gasteiger partial charge is 0.353 e. The summed E-state index contributed by atoms with van der Waals surface area (Å²) >= 11 is 1.77. The Kier molecular flexibility index (Phi) is 3.64. The summed E-state index contributed by atoms with van der Waals surface area (Å²) in [6.45, 7) is 6.96. The summed E-state index contributed by atoms with van der Waals surface area (Å²) in [6, 6.07) is 3.87. The number of carbonyl (C=O) groups is 1. The molecule has 4 rings (SSSR count). The maximum absolute atomic E-state index is 12.7. The van der Waals surface area contributed by atoms with Crippen molar-refractivity contribution in [3.8, 4) is 0 Å². The molecule has 1 aliphatic heterocycles. The number of amides is 1. The van der Waals surface area contributed by atoms with Crippen molar-refractivity contribution in [2.24, 2.45) is 11.3 Å². The molecule has 2 atom stereocenters. The number of hydrogen-bond acceptors (Lipinski definition) is 4. The highest BCUT2D eigenvalue weighted by atomic mass is 32.1. The number of nitrogens with one attached hydrogen (secondary N) is 2. The quantitative estimate of drug-likeness (QED) is 0.819. The Hall–Kier alpha value is -1.88. The summed E-state index contributed by atoms with van der Waals surface area (Å²) in [5.74, 6) is 0.737. The molecule has 0 bridgehead atoms. The minimum absolute atomic E-state index is 0.0530.